The van der Waals surface area contributed by atoms with Crippen LogP contribution >= 0.6 is 12.2 Å². The minimum absolute atomic E-state index is 0.0669. The van der Waals surface area contributed by atoms with Crippen LogP contribution in [0.3, 0.4) is 0 Å². The number of benzene rings is 1. The van der Waals surface area contributed by atoms with Gasteiger partial charge in [-0.2, -0.15) is 0 Å². The first-order valence-electron chi connectivity index (χ1n) is 6.58. The van der Waals surface area contributed by atoms with E-state index >= 15 is 0 Å². The van der Waals surface area contributed by atoms with Crippen molar-refractivity contribution in [1.29, 1.82) is 0 Å². The summed E-state index contributed by atoms with van der Waals surface area (Å²) < 4.78 is 0. The molecule has 2 amide bonds. The molecule has 2 unspecified atom stereocenters. The van der Waals surface area contributed by atoms with Crippen molar-refractivity contribution in [1.82, 2.24) is 4.90 Å². The van der Waals surface area contributed by atoms with Gasteiger partial charge in [0.15, 0.2) is 0 Å². The van der Waals surface area contributed by atoms with E-state index in [0.717, 1.165) is 11.1 Å². The molecular formula is C15H16N2O2S. The lowest BCUT2D eigenvalue weighted by atomic mass is 10.0. The maximum Gasteiger partial charge on any atom is 0.233 e. The van der Waals surface area contributed by atoms with Gasteiger partial charge in [-0.3, -0.25) is 14.5 Å². The fourth-order valence-electron chi connectivity index (χ4n) is 3.23. The fraction of sp³-hybridized carbons (Fsp3) is 0.400. The second-order valence-electron chi connectivity index (χ2n) is 6.06. The molecule has 3 rings (SSSR count). The molecule has 1 saturated carbocycles. The Kier molecular flexibility index (Phi) is 2.73. The van der Waals surface area contributed by atoms with Crippen molar-refractivity contribution >= 4 is 29.0 Å². The molecule has 20 heavy (non-hydrogen) atoms. The van der Waals surface area contributed by atoms with Crippen molar-refractivity contribution in [2.24, 2.45) is 23.0 Å². The van der Waals surface area contributed by atoms with E-state index < -0.39 is 0 Å². The maximum absolute atomic E-state index is 12.3. The topological polar surface area (TPSA) is 63.4 Å². The highest BCUT2D eigenvalue weighted by Crippen LogP contribution is 2.63. The number of hydrogen-bond acceptors (Lipinski definition) is 3. The van der Waals surface area contributed by atoms with Crippen LogP contribution in [0.4, 0.5) is 0 Å². The summed E-state index contributed by atoms with van der Waals surface area (Å²) in [5, 5.41) is 0. The summed E-state index contributed by atoms with van der Waals surface area (Å²) in [6.07, 6.45) is 0. The minimum Gasteiger partial charge on any atom is -0.389 e. The van der Waals surface area contributed by atoms with E-state index in [-0.39, 0.29) is 40.6 Å². The van der Waals surface area contributed by atoms with Crippen molar-refractivity contribution in [3.8, 4) is 0 Å². The summed E-state index contributed by atoms with van der Waals surface area (Å²) in [6.45, 7) is 4.20. The molecular weight excluding hydrogens is 272 g/mol. The van der Waals surface area contributed by atoms with Crippen LogP contribution in [-0.4, -0.2) is 21.7 Å². The molecule has 1 heterocycles. The molecule has 104 valence electrons. The van der Waals surface area contributed by atoms with E-state index in [9.17, 15) is 9.59 Å². The van der Waals surface area contributed by atoms with Crippen LogP contribution in [0.15, 0.2) is 24.3 Å². The molecule has 2 fully saturated rings. The van der Waals surface area contributed by atoms with E-state index in [4.69, 9.17) is 18.0 Å². The molecule has 1 saturated heterocycles. The molecule has 1 aromatic rings. The zero-order valence-electron chi connectivity index (χ0n) is 11.4. The Morgan fingerprint density at radius 1 is 1.25 bits per heavy atom. The second kappa shape index (κ2) is 4.12. The summed E-state index contributed by atoms with van der Waals surface area (Å²) >= 11 is 5.01. The molecule has 0 aromatic heterocycles. The molecule has 0 bridgehead atoms. The van der Waals surface area contributed by atoms with Gasteiger partial charge >= 0.3 is 0 Å². The number of amides is 2. The number of hydrogen-bond donors (Lipinski definition) is 1. The quantitative estimate of drug-likeness (QED) is 0.675. The van der Waals surface area contributed by atoms with Crippen LogP contribution in [0.25, 0.3) is 0 Å². The largest absolute Gasteiger partial charge is 0.389 e. The maximum atomic E-state index is 12.3. The number of nitrogens with two attached hydrogens (primary N) is 1. The van der Waals surface area contributed by atoms with Crippen LogP contribution in [0.5, 0.6) is 0 Å². The van der Waals surface area contributed by atoms with Gasteiger partial charge in [-0.15, -0.1) is 0 Å². The van der Waals surface area contributed by atoms with E-state index in [2.05, 4.69) is 0 Å². The molecule has 0 spiro atoms. The van der Waals surface area contributed by atoms with Gasteiger partial charge in [0.05, 0.1) is 18.4 Å². The molecule has 1 aromatic carbocycles. The molecule has 1 aliphatic carbocycles. The van der Waals surface area contributed by atoms with Crippen LogP contribution in [-0.2, 0) is 16.1 Å². The number of thiocarbonyl (C=S) groups is 1. The number of carbonyl (C=O) groups excluding carboxylic acids is 2. The first-order chi connectivity index (χ1) is 9.35. The normalized spacial score (nSPS) is 26.6. The summed E-state index contributed by atoms with van der Waals surface area (Å²) in [6, 6.07) is 7.36. The van der Waals surface area contributed by atoms with Gasteiger partial charge in [-0.25, -0.2) is 0 Å². The van der Waals surface area contributed by atoms with E-state index in [1.54, 1.807) is 0 Å². The van der Waals surface area contributed by atoms with Gasteiger partial charge in [-0.05, 0) is 11.0 Å². The molecule has 2 aliphatic rings. The third kappa shape index (κ3) is 1.69. The Balaban J connectivity index is 1.86. The van der Waals surface area contributed by atoms with Gasteiger partial charge in [-0.1, -0.05) is 50.3 Å². The van der Waals surface area contributed by atoms with Crippen molar-refractivity contribution in [2.75, 3.05) is 0 Å². The minimum atomic E-state index is -0.173. The summed E-state index contributed by atoms with van der Waals surface area (Å²) in [5.41, 5.74) is 7.05. The number of carbonyl (C=O) groups is 2. The molecule has 1 aliphatic heterocycles. The molecule has 4 nitrogen and oxygen atoms in total. The smallest absolute Gasteiger partial charge is 0.233 e. The van der Waals surface area contributed by atoms with E-state index in [1.165, 1.54) is 4.90 Å². The van der Waals surface area contributed by atoms with Crippen LogP contribution in [0.2, 0.25) is 0 Å². The number of rotatable bonds is 3. The Bertz CT molecular complexity index is 615. The van der Waals surface area contributed by atoms with Gasteiger partial charge in [0.1, 0.15) is 4.99 Å². The first kappa shape index (κ1) is 13.2. The van der Waals surface area contributed by atoms with Crippen molar-refractivity contribution in [2.45, 2.75) is 20.4 Å². The lowest BCUT2D eigenvalue weighted by Crippen LogP contribution is -2.36. The fourth-order valence-corrected chi connectivity index (χ4v) is 3.43. The van der Waals surface area contributed by atoms with Crippen molar-refractivity contribution < 1.29 is 9.59 Å². The molecule has 2 atom stereocenters. The number of fused-ring (bicyclic) bond motifs is 1. The predicted molar refractivity (Wildman–Crippen MR) is 78.6 cm³/mol. The van der Waals surface area contributed by atoms with E-state index in [0.29, 0.717) is 0 Å². The summed E-state index contributed by atoms with van der Waals surface area (Å²) in [5.74, 6) is -0.426. The zero-order chi connectivity index (χ0) is 14.7. The highest BCUT2D eigenvalue weighted by atomic mass is 32.1. The van der Waals surface area contributed by atoms with Crippen LogP contribution in [0.1, 0.15) is 25.0 Å². The Labute approximate surface area is 122 Å². The number of piperidine rings is 1. The molecule has 5 heteroatoms. The van der Waals surface area contributed by atoms with Crippen LogP contribution < -0.4 is 5.73 Å². The van der Waals surface area contributed by atoms with Gasteiger partial charge in [0.2, 0.25) is 11.8 Å². The zero-order valence-corrected chi connectivity index (χ0v) is 12.2. The second-order valence-corrected chi connectivity index (χ2v) is 6.50. The Morgan fingerprint density at radius 3 is 2.35 bits per heavy atom. The summed E-state index contributed by atoms with van der Waals surface area (Å²) in [4.78, 5) is 26.2. The number of nitrogens with zero attached hydrogens (tertiary/aromatic N) is 1. The van der Waals surface area contributed by atoms with Crippen LogP contribution in [0, 0.1) is 17.3 Å². The van der Waals surface area contributed by atoms with E-state index in [1.807, 2.05) is 38.1 Å². The molecule has 2 N–H and O–H groups in total. The van der Waals surface area contributed by atoms with Crippen molar-refractivity contribution in [3.63, 3.8) is 0 Å². The average molecular weight is 288 g/mol. The van der Waals surface area contributed by atoms with Gasteiger partial charge < -0.3 is 5.73 Å². The van der Waals surface area contributed by atoms with Gasteiger partial charge in [0.25, 0.3) is 0 Å². The summed E-state index contributed by atoms with van der Waals surface area (Å²) in [7, 11) is 0. The predicted octanol–water partition coefficient (Wildman–Crippen LogP) is 1.46. The Morgan fingerprint density at radius 2 is 1.80 bits per heavy atom. The Hall–Kier alpha value is -1.75. The monoisotopic (exact) mass is 288 g/mol. The standard InChI is InChI=1S/C15H16N2O2S/c1-15(2)10-11(15)14(19)17(13(10)18)7-8-5-3-4-6-9(8)12(16)20/h3-6,10-11H,7H2,1-2H3,(H2,16,20). The third-order valence-electron chi connectivity index (χ3n) is 4.50. The SMILES string of the molecule is CC1(C)C2C(=O)N(Cc3ccccc3C(N)=S)C(=O)C21. The average Bonchev–Trinajstić information content (AvgIpc) is 2.86. The lowest BCUT2D eigenvalue weighted by molar-refractivity contribution is -0.143. The number of likely N-dealkylation sites (tertiary alicyclic amines) is 1. The first-order valence-corrected chi connectivity index (χ1v) is 6.99. The highest BCUT2D eigenvalue weighted by molar-refractivity contribution is 7.80. The highest BCUT2D eigenvalue weighted by Gasteiger charge is 2.72. The van der Waals surface area contributed by atoms with Gasteiger partial charge in [0, 0.05) is 5.56 Å². The molecule has 0 radical (unpaired) electrons. The lowest BCUT2D eigenvalue weighted by Gasteiger charge is -2.21. The third-order valence-corrected chi connectivity index (χ3v) is 4.72. The number of imide groups is 1. The van der Waals surface area contributed by atoms with Crippen molar-refractivity contribution in [3.05, 3.63) is 35.4 Å².